The Morgan fingerprint density at radius 2 is 1.29 bits per heavy atom. The van der Waals surface area contributed by atoms with E-state index in [9.17, 15) is 28.8 Å². The molecule has 65 heavy (non-hydrogen) atoms. The van der Waals surface area contributed by atoms with Crippen molar-refractivity contribution in [1.29, 1.82) is 0 Å². The van der Waals surface area contributed by atoms with Crippen molar-refractivity contribution in [2.75, 3.05) is 64.3 Å². The maximum atomic E-state index is 11.3. The van der Waals surface area contributed by atoms with Gasteiger partial charge >= 0.3 is 6.03 Å². The van der Waals surface area contributed by atoms with Crippen LogP contribution in [0.1, 0.15) is 147 Å². The number of piperidine rings is 1. The number of hydrogen-bond donors (Lipinski definition) is 6. The number of rotatable bonds is 13. The number of H-pyrrole nitrogens is 1. The fraction of sp³-hybridized carbons (Fsp3) is 0.830. The van der Waals surface area contributed by atoms with E-state index in [2.05, 4.69) is 60.5 Å². The Bertz CT molecular complexity index is 1460. The van der Waals surface area contributed by atoms with E-state index >= 15 is 0 Å². The minimum absolute atomic E-state index is 0.0416. The fourth-order valence-electron chi connectivity index (χ4n) is 6.59. The van der Waals surface area contributed by atoms with Crippen molar-refractivity contribution in [2.45, 2.75) is 172 Å². The highest BCUT2D eigenvalue weighted by Crippen LogP contribution is 2.18. The number of nitrogens with one attached hydrogen (secondary N) is 6. The molecule has 6 N–H and O–H groups in total. The highest BCUT2D eigenvalue weighted by atomic mass is 16.5. The third-order valence-corrected chi connectivity index (χ3v) is 11.2. The Balaban J connectivity index is 0.000000393. The van der Waals surface area contributed by atoms with Crippen molar-refractivity contribution in [2.24, 2.45) is 23.7 Å². The minimum Gasteiger partial charge on any atom is -0.376 e. The van der Waals surface area contributed by atoms with Crippen LogP contribution in [0.15, 0.2) is 6.33 Å². The lowest BCUT2D eigenvalue weighted by Crippen LogP contribution is -2.41. The molecule has 1 unspecified atom stereocenters. The van der Waals surface area contributed by atoms with Gasteiger partial charge in [-0.25, -0.2) is 9.89 Å². The Labute approximate surface area is 391 Å². The second-order valence-electron chi connectivity index (χ2n) is 19.0. The second kappa shape index (κ2) is 33.2. The SMILES string of the molecule is CC(C)C(=O)NC1CCC1.CC(C)C(=O)NCC1CCCO1.CC(C)C(=O)NCCN1CCCCC1.CC(C)C(=O)Nc1ncn[nH]1.CC(C)N1CCCC1=O.CC(C)N1CCNC1=O. The topological polar surface area (TPSA) is 223 Å². The van der Waals surface area contributed by atoms with Crippen LogP contribution in [-0.4, -0.2) is 149 Å². The van der Waals surface area contributed by atoms with Crippen molar-refractivity contribution in [3.05, 3.63) is 6.33 Å². The number of carbonyl (C=O) groups is 6. The molecule has 0 bridgehead atoms. The molecule has 374 valence electrons. The van der Waals surface area contributed by atoms with E-state index in [1.807, 2.05) is 79.0 Å². The van der Waals surface area contributed by atoms with Crippen LogP contribution in [0, 0.1) is 23.7 Å². The molecule has 0 aromatic carbocycles. The van der Waals surface area contributed by atoms with E-state index in [1.54, 1.807) is 0 Å². The molecule has 0 spiro atoms. The average molecular weight is 920 g/mol. The molecule has 0 radical (unpaired) electrons. The van der Waals surface area contributed by atoms with Crippen molar-refractivity contribution in [3.63, 3.8) is 0 Å². The van der Waals surface area contributed by atoms with Gasteiger partial charge in [-0.15, -0.1) is 0 Å². The highest BCUT2D eigenvalue weighted by Gasteiger charge is 2.23. The first-order valence-corrected chi connectivity index (χ1v) is 24.4. The summed E-state index contributed by atoms with van der Waals surface area (Å²) in [5.41, 5.74) is 0. The van der Waals surface area contributed by atoms with Crippen molar-refractivity contribution in [1.82, 2.24) is 51.1 Å². The lowest BCUT2D eigenvalue weighted by Gasteiger charge is -2.27. The van der Waals surface area contributed by atoms with Crippen LogP contribution in [0.5, 0.6) is 0 Å². The fourth-order valence-corrected chi connectivity index (χ4v) is 6.59. The largest absolute Gasteiger partial charge is 0.376 e. The number of likely N-dealkylation sites (tertiary alicyclic amines) is 2. The summed E-state index contributed by atoms with van der Waals surface area (Å²) in [5, 5.41) is 20.2. The average Bonchev–Trinajstić information content (AvgIpc) is 4.10. The predicted molar refractivity (Wildman–Crippen MR) is 257 cm³/mol. The summed E-state index contributed by atoms with van der Waals surface area (Å²) in [4.78, 5) is 76.1. The van der Waals surface area contributed by atoms with Gasteiger partial charge in [-0.3, -0.25) is 29.3 Å². The molecule has 1 saturated carbocycles. The highest BCUT2D eigenvalue weighted by molar-refractivity contribution is 5.90. The quantitative estimate of drug-likeness (QED) is 0.149. The van der Waals surface area contributed by atoms with E-state index in [4.69, 9.17) is 4.74 Å². The molecule has 1 aromatic rings. The third-order valence-electron chi connectivity index (χ3n) is 11.2. The van der Waals surface area contributed by atoms with Crippen molar-refractivity contribution < 1.29 is 33.5 Å². The lowest BCUT2D eigenvalue weighted by atomic mass is 9.93. The summed E-state index contributed by atoms with van der Waals surface area (Å²) >= 11 is 0. The zero-order valence-electron chi connectivity index (χ0n) is 42.2. The van der Waals surface area contributed by atoms with Gasteiger partial charge in [0.05, 0.1) is 6.10 Å². The molecule has 18 nitrogen and oxygen atoms in total. The number of carbonyl (C=O) groups excluding carboxylic acids is 6. The van der Waals surface area contributed by atoms with Crippen LogP contribution in [0.25, 0.3) is 0 Å². The molecule has 4 saturated heterocycles. The number of aromatic nitrogens is 3. The van der Waals surface area contributed by atoms with E-state index in [-0.39, 0.29) is 59.4 Å². The van der Waals surface area contributed by atoms with Gasteiger partial charge < -0.3 is 40.7 Å². The van der Waals surface area contributed by atoms with Crippen LogP contribution >= 0.6 is 0 Å². The summed E-state index contributed by atoms with van der Waals surface area (Å²) in [6, 6.07) is 1.31. The smallest absolute Gasteiger partial charge is 0.317 e. The van der Waals surface area contributed by atoms with Gasteiger partial charge in [-0.1, -0.05) is 61.8 Å². The first-order chi connectivity index (χ1) is 30.7. The number of anilines is 1. The lowest BCUT2D eigenvalue weighted by molar-refractivity contribution is -0.129. The van der Waals surface area contributed by atoms with E-state index in [0.29, 0.717) is 36.5 Å². The predicted octanol–water partition coefficient (Wildman–Crippen LogP) is 5.33. The Morgan fingerprint density at radius 1 is 0.692 bits per heavy atom. The maximum Gasteiger partial charge on any atom is 0.317 e. The normalized spacial score (nSPS) is 18.2. The maximum absolute atomic E-state index is 11.3. The van der Waals surface area contributed by atoms with E-state index < -0.39 is 0 Å². The second-order valence-corrected chi connectivity index (χ2v) is 19.0. The number of amides is 7. The first-order valence-electron chi connectivity index (χ1n) is 24.4. The molecule has 7 amide bonds. The van der Waals surface area contributed by atoms with Gasteiger partial charge in [0, 0.05) is 94.1 Å². The molecular weight excluding hydrogens is 831 g/mol. The van der Waals surface area contributed by atoms with Gasteiger partial charge in [-0.2, -0.15) is 10.1 Å². The van der Waals surface area contributed by atoms with Crippen LogP contribution in [0.2, 0.25) is 0 Å². The summed E-state index contributed by atoms with van der Waals surface area (Å²) in [6.07, 6.45) is 13.3. The number of nitrogens with zero attached hydrogens (tertiary/aromatic N) is 5. The number of ether oxygens (including phenoxy) is 1. The van der Waals surface area contributed by atoms with Crippen LogP contribution in [0.3, 0.4) is 0 Å². The zero-order valence-corrected chi connectivity index (χ0v) is 42.2. The van der Waals surface area contributed by atoms with Crippen LogP contribution in [-0.2, 0) is 28.7 Å². The summed E-state index contributed by atoms with van der Waals surface area (Å²) in [7, 11) is 0. The minimum atomic E-state index is -0.0678. The molecule has 1 aromatic heterocycles. The van der Waals surface area contributed by atoms with E-state index in [1.165, 1.54) is 57.9 Å². The Morgan fingerprint density at radius 3 is 1.69 bits per heavy atom. The summed E-state index contributed by atoms with van der Waals surface area (Å²) in [5.74, 6) is 1.41. The van der Waals surface area contributed by atoms with Crippen molar-refractivity contribution in [3.8, 4) is 0 Å². The Hall–Kier alpha value is -4.32. The first kappa shape index (κ1) is 58.7. The van der Waals surface area contributed by atoms with Gasteiger partial charge in [0.15, 0.2) is 0 Å². The summed E-state index contributed by atoms with van der Waals surface area (Å²) < 4.78 is 5.37. The molecular formula is C47H89N11O7. The molecule has 6 rings (SSSR count). The molecule has 18 heteroatoms. The monoisotopic (exact) mass is 920 g/mol. The third kappa shape index (κ3) is 26.4. The van der Waals surface area contributed by atoms with Crippen LogP contribution < -0.4 is 26.6 Å². The van der Waals surface area contributed by atoms with Gasteiger partial charge in [0.2, 0.25) is 35.5 Å². The Kier molecular flexibility index (Phi) is 30.0. The zero-order chi connectivity index (χ0) is 48.9. The molecule has 5 aliphatic rings. The molecule has 4 aliphatic heterocycles. The molecule has 1 aliphatic carbocycles. The van der Waals surface area contributed by atoms with Gasteiger partial charge in [0.25, 0.3) is 0 Å². The van der Waals surface area contributed by atoms with Gasteiger partial charge in [0.1, 0.15) is 6.33 Å². The van der Waals surface area contributed by atoms with Crippen molar-refractivity contribution >= 4 is 41.5 Å². The number of hydrogen-bond acceptors (Lipinski definition) is 10. The van der Waals surface area contributed by atoms with E-state index in [0.717, 1.165) is 65.0 Å². The van der Waals surface area contributed by atoms with Crippen LogP contribution in [0.4, 0.5) is 10.7 Å². The molecule has 1 atom stereocenters. The van der Waals surface area contributed by atoms with Gasteiger partial charge in [-0.05, 0) is 92.2 Å². The number of urea groups is 1. The number of aromatic amines is 1. The molecule has 5 fully saturated rings. The molecule has 5 heterocycles. The summed E-state index contributed by atoms with van der Waals surface area (Å²) in [6.45, 7) is 31.7. The standard InChI is InChI=1S/C11H22N2O.C9H17NO2.C8H15NO.C7H13NO.C6H10N4O.C6H12N2O/c1-10(2)11(14)12-6-9-13-7-4-3-5-8-13;1-7(2)9(11)10-6-8-4-3-5-12-8;1-6(2)8(10)9-7-4-3-5-7;1-6(2)8-5-3-4-7(8)9;1-4(2)5(11)9-6-7-3-8-10-6;1-5(2)8-4-3-7-6(8)9/h10H,3-9H2,1-2H3,(H,12,14);7-8H,3-6H2,1-2H3,(H,10,11);6-7H,3-5H2,1-2H3,(H,9,10);6H,3-5H2,1-2H3;3-4H,1-2H3,(H2,7,8,9,10,11);5H,3-4H2,1-2H3,(H,7,9).